The minimum atomic E-state index is -2.79. The van der Waals surface area contributed by atoms with Crippen LogP contribution in [0.15, 0.2) is 0 Å². The number of alkyl halides is 2. The number of nitrogens with one attached hydrogen (secondary N) is 1. The van der Waals surface area contributed by atoms with Gasteiger partial charge in [-0.2, -0.15) is 9.42 Å². The number of thioether (sulfide) groups is 1. The molecule has 0 amide bonds. The molecule has 1 heterocycles. The van der Waals surface area contributed by atoms with E-state index in [0.717, 1.165) is 6.42 Å². The van der Waals surface area contributed by atoms with Crippen LogP contribution >= 0.6 is 43.0 Å². The van der Waals surface area contributed by atoms with Crippen molar-refractivity contribution < 1.29 is 14.5 Å². The molecule has 9 heteroatoms. The summed E-state index contributed by atoms with van der Waals surface area (Å²) in [7, 11) is -2.79. The lowest BCUT2D eigenvalue weighted by Gasteiger charge is -2.37. The zero-order chi connectivity index (χ0) is 13.4. The van der Waals surface area contributed by atoms with Gasteiger partial charge < -0.3 is 5.11 Å². The van der Waals surface area contributed by atoms with E-state index in [9.17, 15) is 4.89 Å². The van der Waals surface area contributed by atoms with E-state index in [2.05, 4.69) is 5.09 Å². The molecule has 0 spiro atoms. The molecular formula is C9H20Cl2N2O3PS+. The number of hydrogen-bond donors (Lipinski definition) is 3. The van der Waals surface area contributed by atoms with Crippen LogP contribution in [0.25, 0.3) is 0 Å². The van der Waals surface area contributed by atoms with Gasteiger partial charge in [0, 0.05) is 23.9 Å². The van der Waals surface area contributed by atoms with E-state index in [4.69, 9.17) is 32.8 Å². The molecule has 0 aromatic carbocycles. The van der Waals surface area contributed by atoms with Gasteiger partial charge in [-0.1, -0.05) is 4.67 Å². The van der Waals surface area contributed by atoms with Crippen LogP contribution in [-0.2, 0) is 4.52 Å². The molecule has 0 bridgehead atoms. The second-order valence-corrected chi connectivity index (χ2v) is 7.88. The fourth-order valence-electron chi connectivity index (χ4n) is 1.73. The summed E-state index contributed by atoms with van der Waals surface area (Å²) in [5.74, 6) is 1.47. The van der Waals surface area contributed by atoms with Gasteiger partial charge in [0.15, 0.2) is 0 Å². The maximum absolute atomic E-state index is 10.6. The second-order valence-electron chi connectivity index (χ2n) is 3.66. The van der Waals surface area contributed by atoms with Gasteiger partial charge in [0.05, 0.1) is 25.1 Å². The third kappa shape index (κ3) is 4.93. The first kappa shape index (κ1) is 17.2. The molecule has 1 fully saturated rings. The largest absolute Gasteiger partial charge is 0.432 e. The molecule has 2 atom stereocenters. The smallest absolute Gasteiger partial charge is 0.396 e. The SMILES string of the molecule is OCCSC1CCO[P+](O)(NCCCl)N1CCCl. The lowest BCUT2D eigenvalue weighted by atomic mass is 10.4. The third-order valence-corrected chi connectivity index (χ3v) is 6.60. The molecule has 3 N–H and O–H groups in total. The number of aliphatic hydroxyl groups is 1. The van der Waals surface area contributed by atoms with Gasteiger partial charge >= 0.3 is 8.02 Å². The molecule has 2 unspecified atom stereocenters. The fourth-order valence-corrected chi connectivity index (χ4v) is 5.77. The number of halogens is 2. The zero-order valence-electron chi connectivity index (χ0n) is 10.1. The molecule has 0 radical (unpaired) electrons. The van der Waals surface area contributed by atoms with Crippen LogP contribution in [0.1, 0.15) is 6.42 Å². The summed E-state index contributed by atoms with van der Waals surface area (Å²) in [6.45, 7) is 1.66. The van der Waals surface area contributed by atoms with Gasteiger partial charge in [0.25, 0.3) is 0 Å². The van der Waals surface area contributed by atoms with Crippen LogP contribution in [0.3, 0.4) is 0 Å². The van der Waals surface area contributed by atoms with E-state index < -0.39 is 8.02 Å². The predicted octanol–water partition coefficient (Wildman–Crippen LogP) is 1.50. The average Bonchev–Trinajstić information content (AvgIpc) is 2.37. The number of rotatable bonds is 8. The molecule has 18 heavy (non-hydrogen) atoms. The summed E-state index contributed by atoms with van der Waals surface area (Å²) in [4.78, 5) is 10.6. The van der Waals surface area contributed by atoms with E-state index in [-0.39, 0.29) is 12.0 Å². The van der Waals surface area contributed by atoms with E-state index in [1.54, 1.807) is 11.8 Å². The molecule has 1 aliphatic heterocycles. The first-order valence-corrected chi connectivity index (χ1v) is 9.54. The van der Waals surface area contributed by atoms with Crippen molar-refractivity contribution in [3.05, 3.63) is 0 Å². The van der Waals surface area contributed by atoms with Crippen molar-refractivity contribution in [2.45, 2.75) is 11.8 Å². The Morgan fingerprint density at radius 2 is 2.22 bits per heavy atom. The topological polar surface area (TPSA) is 65.0 Å². The highest BCUT2D eigenvalue weighted by Crippen LogP contribution is 2.60. The van der Waals surface area contributed by atoms with Crippen LogP contribution in [0.2, 0.25) is 0 Å². The minimum Gasteiger partial charge on any atom is -0.396 e. The Hall–Kier alpha value is 1.16. The first-order valence-electron chi connectivity index (χ1n) is 5.81. The minimum absolute atomic E-state index is 0.116. The molecule has 0 aromatic rings. The summed E-state index contributed by atoms with van der Waals surface area (Å²) in [6, 6.07) is 0. The lowest BCUT2D eigenvalue weighted by Crippen LogP contribution is -2.45. The third-order valence-electron chi connectivity index (χ3n) is 2.44. The number of aliphatic hydroxyl groups excluding tert-OH is 1. The molecule has 1 aliphatic rings. The summed E-state index contributed by atoms with van der Waals surface area (Å²) in [6.07, 6.45) is 0.812. The molecule has 1 saturated heterocycles. The molecule has 5 nitrogen and oxygen atoms in total. The van der Waals surface area contributed by atoms with Gasteiger partial charge in [-0.05, 0) is 0 Å². The standard InChI is InChI=1S/C9H20Cl2N2O3PS/c10-2-4-12-17(15)13(5-3-11)9(1-7-16-17)18-8-6-14/h9,12,14-15H,1-8H2/q+1. The fraction of sp³-hybridized carbons (Fsp3) is 1.00. The van der Waals surface area contributed by atoms with Crippen molar-refractivity contribution in [2.24, 2.45) is 0 Å². The van der Waals surface area contributed by atoms with Gasteiger partial charge in [0.2, 0.25) is 0 Å². The molecule has 0 saturated carbocycles. The maximum Gasteiger partial charge on any atom is 0.432 e. The Morgan fingerprint density at radius 3 is 2.83 bits per heavy atom. The quantitative estimate of drug-likeness (QED) is 0.460. The maximum atomic E-state index is 10.6. The van der Waals surface area contributed by atoms with Crippen molar-refractivity contribution in [1.82, 2.24) is 9.76 Å². The van der Waals surface area contributed by atoms with Crippen molar-refractivity contribution in [1.29, 1.82) is 0 Å². The number of nitrogens with zero attached hydrogens (tertiary/aromatic N) is 1. The van der Waals surface area contributed by atoms with Crippen LogP contribution in [0.4, 0.5) is 0 Å². The Morgan fingerprint density at radius 1 is 1.44 bits per heavy atom. The van der Waals surface area contributed by atoms with Crippen molar-refractivity contribution in [3.8, 4) is 0 Å². The highest BCUT2D eigenvalue weighted by molar-refractivity contribution is 8.00. The Balaban J connectivity index is 2.67. The first-order chi connectivity index (χ1) is 8.68. The van der Waals surface area contributed by atoms with Crippen LogP contribution < -0.4 is 5.09 Å². The molecule has 0 aliphatic carbocycles. The Kier molecular flexibility index (Phi) is 8.76. The Bertz CT molecular complexity index is 246. The lowest BCUT2D eigenvalue weighted by molar-refractivity contribution is 0.166. The monoisotopic (exact) mass is 337 g/mol. The van der Waals surface area contributed by atoms with E-state index >= 15 is 0 Å². The molecule has 1 rings (SSSR count). The summed E-state index contributed by atoms with van der Waals surface area (Å²) in [5, 5.41) is 12.0. The van der Waals surface area contributed by atoms with E-state index in [1.807, 2.05) is 4.67 Å². The predicted molar refractivity (Wildman–Crippen MR) is 79.2 cm³/mol. The van der Waals surface area contributed by atoms with Crippen molar-refractivity contribution in [3.63, 3.8) is 0 Å². The highest BCUT2D eigenvalue weighted by atomic mass is 35.5. The van der Waals surface area contributed by atoms with Crippen molar-refractivity contribution >= 4 is 43.0 Å². The van der Waals surface area contributed by atoms with E-state index in [1.165, 1.54) is 0 Å². The zero-order valence-corrected chi connectivity index (χ0v) is 13.3. The molecular weight excluding hydrogens is 318 g/mol. The summed E-state index contributed by atoms with van der Waals surface area (Å²) in [5.41, 5.74) is 0. The van der Waals surface area contributed by atoms with Gasteiger partial charge in [-0.3, -0.25) is 0 Å². The van der Waals surface area contributed by atoms with Gasteiger partial charge in [0.1, 0.15) is 6.61 Å². The normalized spacial score (nSPS) is 29.7. The molecule has 0 aromatic heterocycles. The second kappa shape index (κ2) is 9.16. The van der Waals surface area contributed by atoms with Crippen LogP contribution in [0, 0.1) is 0 Å². The van der Waals surface area contributed by atoms with Crippen molar-refractivity contribution in [2.75, 3.05) is 43.8 Å². The van der Waals surface area contributed by atoms with Crippen LogP contribution in [0.5, 0.6) is 0 Å². The van der Waals surface area contributed by atoms with Gasteiger partial charge in [-0.25, -0.2) is 0 Å². The average molecular weight is 338 g/mol. The number of hydrogen-bond acceptors (Lipinski definition) is 6. The Labute approximate surface area is 123 Å². The highest BCUT2D eigenvalue weighted by Gasteiger charge is 2.53. The van der Waals surface area contributed by atoms with Crippen LogP contribution in [-0.4, -0.2) is 63.9 Å². The summed E-state index contributed by atoms with van der Waals surface area (Å²) >= 11 is 13.0. The summed E-state index contributed by atoms with van der Waals surface area (Å²) < 4.78 is 7.42. The van der Waals surface area contributed by atoms with Gasteiger partial charge in [-0.15, -0.1) is 40.1 Å². The molecule has 108 valence electrons. The van der Waals surface area contributed by atoms with E-state index in [0.29, 0.717) is 37.2 Å².